The summed E-state index contributed by atoms with van der Waals surface area (Å²) < 4.78 is 39.6. The predicted octanol–water partition coefficient (Wildman–Crippen LogP) is 2.38. The SMILES string of the molecule is Cc1cc(C)n(Cc2ccc(C(=O)NCCOc3ccc(S(=O)(=O)N4CCOCC4)cc3)cc2)n1. The highest BCUT2D eigenvalue weighted by atomic mass is 32.2. The summed E-state index contributed by atoms with van der Waals surface area (Å²) in [4.78, 5) is 12.6. The van der Waals surface area contributed by atoms with Crippen LogP contribution in [0.5, 0.6) is 5.75 Å². The van der Waals surface area contributed by atoms with Gasteiger partial charge in [0, 0.05) is 24.3 Å². The monoisotopic (exact) mass is 498 g/mol. The highest BCUT2D eigenvalue weighted by Crippen LogP contribution is 2.20. The summed E-state index contributed by atoms with van der Waals surface area (Å²) in [5.74, 6) is 0.354. The van der Waals surface area contributed by atoms with Crippen LogP contribution in [0.25, 0.3) is 0 Å². The lowest BCUT2D eigenvalue weighted by Crippen LogP contribution is -2.40. The van der Waals surface area contributed by atoms with Gasteiger partial charge < -0.3 is 14.8 Å². The zero-order valence-corrected chi connectivity index (χ0v) is 20.8. The van der Waals surface area contributed by atoms with E-state index in [4.69, 9.17) is 9.47 Å². The van der Waals surface area contributed by atoms with E-state index in [1.807, 2.05) is 36.7 Å². The molecule has 35 heavy (non-hydrogen) atoms. The first-order valence-electron chi connectivity index (χ1n) is 11.5. The van der Waals surface area contributed by atoms with Crippen LogP contribution in [0.1, 0.15) is 27.3 Å². The van der Waals surface area contributed by atoms with E-state index in [9.17, 15) is 13.2 Å². The highest BCUT2D eigenvalue weighted by molar-refractivity contribution is 7.89. The number of rotatable bonds is 9. The van der Waals surface area contributed by atoms with Gasteiger partial charge in [-0.15, -0.1) is 0 Å². The van der Waals surface area contributed by atoms with Crippen LogP contribution in [0.2, 0.25) is 0 Å². The van der Waals surface area contributed by atoms with Gasteiger partial charge in [-0.25, -0.2) is 8.42 Å². The van der Waals surface area contributed by atoms with Crippen LogP contribution in [0, 0.1) is 13.8 Å². The van der Waals surface area contributed by atoms with Crippen LogP contribution in [0.15, 0.2) is 59.5 Å². The topological polar surface area (TPSA) is 103 Å². The minimum Gasteiger partial charge on any atom is -0.492 e. The fraction of sp³-hybridized carbons (Fsp3) is 0.360. The molecule has 0 bridgehead atoms. The van der Waals surface area contributed by atoms with Crippen LogP contribution in [0.4, 0.5) is 0 Å². The molecule has 1 aromatic heterocycles. The third kappa shape index (κ3) is 6.27. The molecule has 1 fully saturated rings. The number of nitrogens with one attached hydrogen (secondary N) is 1. The minimum atomic E-state index is -3.53. The van der Waals surface area contributed by atoms with Gasteiger partial charge >= 0.3 is 0 Å². The molecular weight excluding hydrogens is 468 g/mol. The molecule has 1 N–H and O–H groups in total. The van der Waals surface area contributed by atoms with Crippen molar-refractivity contribution in [3.8, 4) is 5.75 Å². The average Bonchev–Trinajstić information content (AvgIpc) is 3.19. The summed E-state index contributed by atoms with van der Waals surface area (Å²) in [6.07, 6.45) is 0. The number of morpholine rings is 1. The van der Waals surface area contributed by atoms with Crippen molar-refractivity contribution in [2.75, 3.05) is 39.5 Å². The fourth-order valence-corrected chi connectivity index (χ4v) is 5.26. The lowest BCUT2D eigenvalue weighted by molar-refractivity contribution is 0.0730. The number of carbonyl (C=O) groups is 1. The minimum absolute atomic E-state index is 0.182. The van der Waals surface area contributed by atoms with Gasteiger partial charge in [-0.3, -0.25) is 9.48 Å². The molecule has 186 valence electrons. The summed E-state index contributed by atoms with van der Waals surface area (Å²) in [7, 11) is -3.53. The first kappa shape index (κ1) is 24.9. The summed E-state index contributed by atoms with van der Waals surface area (Å²) in [6, 6.07) is 15.8. The third-order valence-electron chi connectivity index (χ3n) is 5.74. The van der Waals surface area contributed by atoms with E-state index in [2.05, 4.69) is 10.4 Å². The molecule has 1 saturated heterocycles. The van der Waals surface area contributed by atoms with E-state index in [1.54, 1.807) is 24.3 Å². The normalized spacial score (nSPS) is 14.6. The van der Waals surface area contributed by atoms with Crippen molar-refractivity contribution in [3.05, 3.63) is 77.1 Å². The Morgan fingerprint density at radius 2 is 1.74 bits per heavy atom. The van der Waals surface area contributed by atoms with Crippen molar-refractivity contribution in [1.29, 1.82) is 0 Å². The zero-order chi connectivity index (χ0) is 24.8. The Morgan fingerprint density at radius 1 is 1.06 bits per heavy atom. The van der Waals surface area contributed by atoms with Gasteiger partial charge in [0.25, 0.3) is 5.91 Å². The van der Waals surface area contributed by atoms with E-state index in [1.165, 1.54) is 16.4 Å². The molecule has 0 spiro atoms. The molecule has 4 rings (SSSR count). The second-order valence-electron chi connectivity index (χ2n) is 8.37. The Balaban J connectivity index is 1.23. The van der Waals surface area contributed by atoms with Gasteiger partial charge in [0.1, 0.15) is 12.4 Å². The second kappa shape index (κ2) is 11.0. The van der Waals surface area contributed by atoms with Gasteiger partial charge in [-0.1, -0.05) is 12.1 Å². The first-order chi connectivity index (χ1) is 16.8. The summed E-state index contributed by atoms with van der Waals surface area (Å²) in [5, 5.41) is 7.30. The van der Waals surface area contributed by atoms with Crippen LogP contribution >= 0.6 is 0 Å². The molecule has 0 atom stereocenters. The lowest BCUT2D eigenvalue weighted by Gasteiger charge is -2.26. The standard InChI is InChI=1S/C25H30N4O5S/c1-19-17-20(2)29(27-19)18-21-3-5-22(6-4-21)25(30)26-11-14-34-23-7-9-24(10-8-23)35(31,32)28-12-15-33-16-13-28/h3-10,17H,11-16,18H2,1-2H3,(H,26,30). The van der Waals surface area contributed by atoms with Gasteiger partial charge in [-0.05, 0) is 61.9 Å². The van der Waals surface area contributed by atoms with Crippen molar-refractivity contribution in [3.63, 3.8) is 0 Å². The molecule has 1 aliphatic heterocycles. The Labute approximate surface area is 205 Å². The molecule has 3 aromatic rings. The maximum absolute atomic E-state index is 12.7. The molecule has 9 nitrogen and oxygen atoms in total. The van der Waals surface area contributed by atoms with E-state index in [0.717, 1.165) is 17.0 Å². The molecule has 10 heteroatoms. The summed E-state index contributed by atoms with van der Waals surface area (Å²) in [6.45, 7) is 6.74. The van der Waals surface area contributed by atoms with Crippen LogP contribution in [0.3, 0.4) is 0 Å². The highest BCUT2D eigenvalue weighted by Gasteiger charge is 2.26. The van der Waals surface area contributed by atoms with Crippen molar-refractivity contribution >= 4 is 15.9 Å². The number of benzene rings is 2. The van der Waals surface area contributed by atoms with Gasteiger partial charge in [-0.2, -0.15) is 9.40 Å². The van der Waals surface area contributed by atoms with Crippen LogP contribution in [-0.4, -0.2) is 67.9 Å². The molecular formula is C25H30N4O5S. The number of aryl methyl sites for hydroxylation is 2. The van der Waals surface area contributed by atoms with Gasteiger partial charge in [0.05, 0.1) is 36.9 Å². The molecule has 0 radical (unpaired) electrons. The Bertz CT molecular complexity index is 1250. The largest absolute Gasteiger partial charge is 0.492 e. The number of hydrogen-bond donors (Lipinski definition) is 1. The molecule has 0 aliphatic carbocycles. The maximum atomic E-state index is 12.7. The molecule has 2 aromatic carbocycles. The second-order valence-corrected chi connectivity index (χ2v) is 10.3. The van der Waals surface area contributed by atoms with Crippen molar-refractivity contribution in [2.45, 2.75) is 25.3 Å². The Hall–Kier alpha value is -3.21. The number of carbonyl (C=O) groups excluding carboxylic acids is 1. The number of nitrogens with zero attached hydrogens (tertiary/aromatic N) is 3. The number of hydrogen-bond acceptors (Lipinski definition) is 6. The number of amides is 1. The van der Waals surface area contributed by atoms with Gasteiger partial charge in [0.2, 0.25) is 10.0 Å². The van der Waals surface area contributed by atoms with Gasteiger partial charge in [0.15, 0.2) is 0 Å². The smallest absolute Gasteiger partial charge is 0.251 e. The number of aromatic nitrogens is 2. The quantitative estimate of drug-likeness (QED) is 0.455. The van der Waals surface area contributed by atoms with E-state index in [0.29, 0.717) is 50.7 Å². The third-order valence-corrected chi connectivity index (χ3v) is 7.65. The molecule has 0 unspecified atom stereocenters. The number of sulfonamides is 1. The van der Waals surface area contributed by atoms with Crippen molar-refractivity contribution in [2.24, 2.45) is 0 Å². The first-order valence-corrected chi connectivity index (χ1v) is 13.0. The van der Waals surface area contributed by atoms with Crippen LogP contribution < -0.4 is 10.1 Å². The fourth-order valence-electron chi connectivity index (χ4n) is 3.85. The van der Waals surface area contributed by atoms with Crippen LogP contribution in [-0.2, 0) is 21.3 Å². The lowest BCUT2D eigenvalue weighted by atomic mass is 10.1. The van der Waals surface area contributed by atoms with Crippen molar-refractivity contribution in [1.82, 2.24) is 19.4 Å². The molecule has 1 aliphatic rings. The maximum Gasteiger partial charge on any atom is 0.251 e. The molecule has 0 saturated carbocycles. The predicted molar refractivity (Wildman–Crippen MR) is 131 cm³/mol. The Kier molecular flexibility index (Phi) is 7.84. The van der Waals surface area contributed by atoms with Crippen molar-refractivity contribution < 1.29 is 22.7 Å². The average molecular weight is 499 g/mol. The Morgan fingerprint density at radius 3 is 2.37 bits per heavy atom. The molecule has 1 amide bonds. The molecule has 2 heterocycles. The number of ether oxygens (including phenoxy) is 2. The van der Waals surface area contributed by atoms with E-state index in [-0.39, 0.29) is 17.4 Å². The summed E-state index contributed by atoms with van der Waals surface area (Å²) in [5.41, 5.74) is 3.71. The van der Waals surface area contributed by atoms with E-state index < -0.39 is 10.0 Å². The zero-order valence-electron chi connectivity index (χ0n) is 19.9. The van der Waals surface area contributed by atoms with E-state index >= 15 is 0 Å². The summed E-state index contributed by atoms with van der Waals surface area (Å²) >= 11 is 0.